The van der Waals surface area contributed by atoms with Gasteiger partial charge in [0, 0.05) is 10.5 Å². The normalized spacial score (nSPS) is 10.7. The van der Waals surface area contributed by atoms with Gasteiger partial charge in [-0.25, -0.2) is 9.18 Å². The number of hydrogen-bond acceptors (Lipinski definition) is 2. The molecule has 2 rings (SSSR count). The first-order chi connectivity index (χ1) is 6.58. The highest BCUT2D eigenvalue weighted by Gasteiger charge is 2.13. The molecule has 0 aliphatic carbocycles. The lowest BCUT2D eigenvalue weighted by Crippen LogP contribution is -1.91. The molecule has 1 N–H and O–H groups in total. The highest BCUT2D eigenvalue weighted by molar-refractivity contribution is 9.10. The number of aromatic carboxylic acids is 1. The van der Waals surface area contributed by atoms with Crippen LogP contribution >= 0.6 is 15.9 Å². The summed E-state index contributed by atoms with van der Waals surface area (Å²) in [6.45, 7) is 0. The van der Waals surface area contributed by atoms with Crippen LogP contribution in [0.15, 0.2) is 27.1 Å². The largest absolute Gasteiger partial charge is 0.475 e. The quantitative estimate of drug-likeness (QED) is 0.856. The summed E-state index contributed by atoms with van der Waals surface area (Å²) in [6, 6.07) is 3.94. The molecule has 0 saturated carbocycles. The number of carbonyl (C=O) groups is 1. The Labute approximate surface area is 86.3 Å². The van der Waals surface area contributed by atoms with E-state index in [9.17, 15) is 9.18 Å². The van der Waals surface area contributed by atoms with Crippen molar-refractivity contribution in [3.05, 3.63) is 34.2 Å². The van der Waals surface area contributed by atoms with Crippen molar-refractivity contribution in [2.24, 2.45) is 0 Å². The lowest BCUT2D eigenvalue weighted by atomic mass is 10.2. The smallest absolute Gasteiger partial charge is 0.371 e. The highest BCUT2D eigenvalue weighted by atomic mass is 79.9. The van der Waals surface area contributed by atoms with E-state index in [0.29, 0.717) is 4.47 Å². The van der Waals surface area contributed by atoms with Crippen LogP contribution in [-0.4, -0.2) is 11.1 Å². The van der Waals surface area contributed by atoms with Gasteiger partial charge in [-0.3, -0.25) is 0 Å². The molecular formula is C9H4BrFO3. The third-order valence-electron chi connectivity index (χ3n) is 1.76. The number of carboxylic acids is 1. The molecule has 0 aliphatic rings. The van der Waals surface area contributed by atoms with Crippen LogP contribution in [-0.2, 0) is 0 Å². The Morgan fingerprint density at radius 1 is 1.43 bits per heavy atom. The Bertz CT molecular complexity index is 518. The molecule has 0 amide bonds. The van der Waals surface area contributed by atoms with Crippen molar-refractivity contribution in [1.29, 1.82) is 0 Å². The van der Waals surface area contributed by atoms with E-state index in [-0.39, 0.29) is 16.7 Å². The fourth-order valence-electron chi connectivity index (χ4n) is 1.17. The van der Waals surface area contributed by atoms with Crippen LogP contribution in [0.2, 0.25) is 0 Å². The monoisotopic (exact) mass is 258 g/mol. The van der Waals surface area contributed by atoms with Crippen molar-refractivity contribution in [2.45, 2.75) is 0 Å². The van der Waals surface area contributed by atoms with E-state index in [2.05, 4.69) is 15.9 Å². The molecule has 0 bridgehead atoms. The number of hydrogen-bond donors (Lipinski definition) is 1. The third kappa shape index (κ3) is 1.39. The molecule has 0 saturated heterocycles. The standard InChI is InChI=1S/C9H4BrFO3/c10-4-1-6(11)5-3-8(9(12)13)14-7(5)2-4/h1-3H,(H,12,13). The van der Waals surface area contributed by atoms with E-state index >= 15 is 0 Å². The van der Waals surface area contributed by atoms with Crippen LogP contribution in [0.3, 0.4) is 0 Å². The van der Waals surface area contributed by atoms with Gasteiger partial charge in [-0.15, -0.1) is 0 Å². The molecule has 0 radical (unpaired) electrons. The van der Waals surface area contributed by atoms with Gasteiger partial charge in [0.05, 0.1) is 5.39 Å². The summed E-state index contributed by atoms with van der Waals surface area (Å²) in [7, 11) is 0. The molecule has 0 fully saturated rings. The van der Waals surface area contributed by atoms with Crippen molar-refractivity contribution < 1.29 is 18.7 Å². The molecule has 5 heteroatoms. The topological polar surface area (TPSA) is 50.4 Å². The number of rotatable bonds is 1. The molecule has 1 heterocycles. The molecule has 1 aromatic heterocycles. The fourth-order valence-corrected chi connectivity index (χ4v) is 1.58. The van der Waals surface area contributed by atoms with Gasteiger partial charge in [-0.2, -0.15) is 0 Å². The van der Waals surface area contributed by atoms with Crippen LogP contribution < -0.4 is 0 Å². The number of benzene rings is 1. The van der Waals surface area contributed by atoms with Gasteiger partial charge >= 0.3 is 5.97 Å². The minimum atomic E-state index is -1.21. The number of furan rings is 1. The second kappa shape index (κ2) is 3.09. The van der Waals surface area contributed by atoms with Crippen molar-refractivity contribution in [3.63, 3.8) is 0 Å². The van der Waals surface area contributed by atoms with Gasteiger partial charge in [0.1, 0.15) is 11.4 Å². The molecule has 0 unspecified atom stereocenters. The Morgan fingerprint density at radius 3 is 2.79 bits per heavy atom. The lowest BCUT2D eigenvalue weighted by Gasteiger charge is -1.91. The maximum Gasteiger partial charge on any atom is 0.371 e. The van der Waals surface area contributed by atoms with Crippen molar-refractivity contribution in [2.75, 3.05) is 0 Å². The fraction of sp³-hybridized carbons (Fsp3) is 0. The zero-order valence-corrected chi connectivity index (χ0v) is 8.34. The summed E-state index contributed by atoms with van der Waals surface area (Å²) in [5, 5.41) is 8.79. The van der Waals surface area contributed by atoms with Gasteiger partial charge in [0.15, 0.2) is 0 Å². The molecule has 14 heavy (non-hydrogen) atoms. The number of fused-ring (bicyclic) bond motifs is 1. The minimum absolute atomic E-state index is 0.172. The van der Waals surface area contributed by atoms with E-state index in [1.165, 1.54) is 18.2 Å². The molecule has 0 aliphatic heterocycles. The van der Waals surface area contributed by atoms with Gasteiger partial charge < -0.3 is 9.52 Å². The Hall–Kier alpha value is -1.36. The summed E-state index contributed by atoms with van der Waals surface area (Å²) in [5.41, 5.74) is 0.217. The molecule has 72 valence electrons. The van der Waals surface area contributed by atoms with Crippen LogP contribution in [0, 0.1) is 5.82 Å². The molecule has 3 nitrogen and oxygen atoms in total. The average molecular weight is 259 g/mol. The lowest BCUT2D eigenvalue weighted by molar-refractivity contribution is 0.0665. The van der Waals surface area contributed by atoms with E-state index in [1.807, 2.05) is 0 Å². The molecular weight excluding hydrogens is 255 g/mol. The van der Waals surface area contributed by atoms with Crippen LogP contribution in [0.4, 0.5) is 4.39 Å². The van der Waals surface area contributed by atoms with Crippen molar-refractivity contribution >= 4 is 32.9 Å². The maximum atomic E-state index is 13.2. The molecule has 0 atom stereocenters. The zero-order valence-electron chi connectivity index (χ0n) is 6.75. The summed E-state index contributed by atoms with van der Waals surface area (Å²) in [5.74, 6) is -1.99. The minimum Gasteiger partial charge on any atom is -0.475 e. The van der Waals surface area contributed by atoms with Crippen LogP contribution in [0.1, 0.15) is 10.6 Å². The SMILES string of the molecule is O=C(O)c1cc2c(F)cc(Br)cc2o1. The number of halogens is 2. The Balaban J connectivity index is 2.76. The number of carboxylic acid groups (broad SMARTS) is 1. The highest BCUT2D eigenvalue weighted by Crippen LogP contribution is 2.26. The van der Waals surface area contributed by atoms with Crippen molar-refractivity contribution in [1.82, 2.24) is 0 Å². The summed E-state index contributed by atoms with van der Waals surface area (Å²) in [6.07, 6.45) is 0. The average Bonchev–Trinajstić information content (AvgIpc) is 2.47. The second-order valence-corrected chi connectivity index (χ2v) is 3.63. The van der Waals surface area contributed by atoms with Gasteiger partial charge in [-0.05, 0) is 12.1 Å². The summed E-state index contributed by atoms with van der Waals surface area (Å²) >= 11 is 3.08. The van der Waals surface area contributed by atoms with E-state index < -0.39 is 11.8 Å². The van der Waals surface area contributed by atoms with E-state index in [4.69, 9.17) is 9.52 Å². The molecule has 1 aromatic carbocycles. The molecule has 2 aromatic rings. The molecule has 0 spiro atoms. The van der Waals surface area contributed by atoms with E-state index in [0.717, 1.165) is 0 Å². The van der Waals surface area contributed by atoms with Gasteiger partial charge in [0.25, 0.3) is 0 Å². The first-order valence-corrected chi connectivity index (χ1v) is 4.49. The van der Waals surface area contributed by atoms with Gasteiger partial charge in [-0.1, -0.05) is 15.9 Å². The maximum absolute atomic E-state index is 13.2. The zero-order chi connectivity index (χ0) is 10.3. The third-order valence-corrected chi connectivity index (χ3v) is 2.22. The second-order valence-electron chi connectivity index (χ2n) is 2.72. The van der Waals surface area contributed by atoms with Crippen LogP contribution in [0.5, 0.6) is 0 Å². The first-order valence-electron chi connectivity index (χ1n) is 3.70. The first kappa shape index (κ1) is 9.21. The van der Waals surface area contributed by atoms with E-state index in [1.54, 1.807) is 0 Å². The predicted octanol–water partition coefficient (Wildman–Crippen LogP) is 3.03. The van der Waals surface area contributed by atoms with Gasteiger partial charge in [0.2, 0.25) is 5.76 Å². The summed E-state index contributed by atoms with van der Waals surface area (Å²) in [4.78, 5) is 10.5. The Kier molecular flexibility index (Phi) is 2.03. The summed E-state index contributed by atoms with van der Waals surface area (Å²) < 4.78 is 18.7. The van der Waals surface area contributed by atoms with Crippen LogP contribution in [0.25, 0.3) is 11.0 Å². The Morgan fingerprint density at radius 2 is 2.14 bits per heavy atom. The van der Waals surface area contributed by atoms with Crippen molar-refractivity contribution in [3.8, 4) is 0 Å². The predicted molar refractivity (Wildman–Crippen MR) is 50.8 cm³/mol.